The number of thiocarbonyl (C=S) groups is 1. The quantitative estimate of drug-likeness (QED) is 0.423. The van der Waals surface area contributed by atoms with Crippen molar-refractivity contribution in [2.75, 3.05) is 0 Å². The number of carboxylic acid groups (broad SMARTS) is 1. The fourth-order valence-electron chi connectivity index (χ4n) is 1.14. The summed E-state index contributed by atoms with van der Waals surface area (Å²) in [5.41, 5.74) is -1.30. The van der Waals surface area contributed by atoms with E-state index in [4.69, 9.17) is 22.6 Å². The molecule has 0 saturated carbocycles. The highest BCUT2D eigenvalue weighted by Gasteiger charge is 2.30. The summed E-state index contributed by atoms with van der Waals surface area (Å²) in [7, 11) is 0. The molecule has 6 nitrogen and oxygen atoms in total. The summed E-state index contributed by atoms with van der Waals surface area (Å²) < 4.78 is 0. The number of allylic oxidation sites excluding steroid dienone is 2. The van der Waals surface area contributed by atoms with Crippen LogP contribution in [0.2, 0.25) is 0 Å². The van der Waals surface area contributed by atoms with E-state index in [9.17, 15) is 14.9 Å². The predicted octanol–water partition coefficient (Wildman–Crippen LogP) is 0.825. The van der Waals surface area contributed by atoms with Gasteiger partial charge in [0.15, 0.2) is 0 Å². The second kappa shape index (κ2) is 3.98. The van der Waals surface area contributed by atoms with Crippen LogP contribution in [0.3, 0.4) is 0 Å². The lowest BCUT2D eigenvalue weighted by atomic mass is 9.96. The van der Waals surface area contributed by atoms with Crippen molar-refractivity contribution >= 4 is 23.1 Å². The lowest BCUT2D eigenvalue weighted by Crippen LogP contribution is -2.17. The number of nitriles is 1. The third-order valence-electron chi connectivity index (χ3n) is 1.77. The van der Waals surface area contributed by atoms with Gasteiger partial charge in [-0.25, -0.2) is 4.79 Å². The van der Waals surface area contributed by atoms with Gasteiger partial charge in [-0.1, -0.05) is 12.2 Å². The number of nitro groups is 1. The van der Waals surface area contributed by atoms with Crippen LogP contribution in [0.4, 0.5) is 0 Å². The van der Waals surface area contributed by atoms with Crippen molar-refractivity contribution in [1.29, 1.82) is 5.26 Å². The van der Waals surface area contributed by atoms with Gasteiger partial charge in [0.25, 0.3) is 5.70 Å². The molecule has 0 fully saturated rings. The predicted molar refractivity (Wildman–Crippen MR) is 52.6 cm³/mol. The summed E-state index contributed by atoms with van der Waals surface area (Å²) in [6, 6.07) is 1.52. The van der Waals surface area contributed by atoms with Gasteiger partial charge in [0, 0.05) is 17.4 Å². The Morgan fingerprint density at radius 2 is 2.33 bits per heavy atom. The SMILES string of the molecule is N#CC1=C(C(=O)O)CC(=S)C=C1[N+](=O)[O-]. The second-order valence-corrected chi connectivity index (χ2v) is 3.22. The van der Waals surface area contributed by atoms with Gasteiger partial charge < -0.3 is 5.11 Å². The van der Waals surface area contributed by atoms with Crippen LogP contribution in [-0.4, -0.2) is 20.9 Å². The third-order valence-corrected chi connectivity index (χ3v) is 2.04. The molecule has 0 amide bonds. The molecular weight excluding hydrogens is 220 g/mol. The Kier molecular flexibility index (Phi) is 2.92. The topological polar surface area (TPSA) is 104 Å². The zero-order chi connectivity index (χ0) is 11.6. The summed E-state index contributed by atoms with van der Waals surface area (Å²) in [4.78, 5) is 20.6. The molecule has 0 radical (unpaired) electrons. The summed E-state index contributed by atoms with van der Waals surface area (Å²) in [6.07, 6.45) is 0.922. The largest absolute Gasteiger partial charge is 0.478 e. The maximum Gasteiger partial charge on any atom is 0.333 e. The van der Waals surface area contributed by atoms with Gasteiger partial charge in [-0.15, -0.1) is 0 Å². The van der Waals surface area contributed by atoms with Crippen LogP contribution in [0, 0.1) is 21.4 Å². The van der Waals surface area contributed by atoms with Crippen LogP contribution in [0.15, 0.2) is 22.9 Å². The molecular formula is C8H4N2O4S. The van der Waals surface area contributed by atoms with Crippen LogP contribution in [-0.2, 0) is 4.79 Å². The normalized spacial score (nSPS) is 15.7. The van der Waals surface area contributed by atoms with Crippen molar-refractivity contribution in [3.05, 3.63) is 33.0 Å². The molecule has 15 heavy (non-hydrogen) atoms. The van der Waals surface area contributed by atoms with E-state index in [1.54, 1.807) is 0 Å². The molecule has 0 aliphatic heterocycles. The standard InChI is InChI=1S/C8H4N2O4S/c9-3-6-5(8(11)12)1-4(15)2-7(6)10(13)14/h2H,1H2,(H,11,12). The summed E-state index contributed by atoms with van der Waals surface area (Å²) >= 11 is 4.71. The fourth-order valence-corrected chi connectivity index (χ4v) is 1.40. The molecule has 0 atom stereocenters. The highest BCUT2D eigenvalue weighted by atomic mass is 32.1. The van der Waals surface area contributed by atoms with Crippen molar-refractivity contribution in [1.82, 2.24) is 0 Å². The average molecular weight is 224 g/mol. The monoisotopic (exact) mass is 224 g/mol. The molecule has 0 unspecified atom stereocenters. The zero-order valence-electron chi connectivity index (χ0n) is 7.26. The van der Waals surface area contributed by atoms with E-state index in [0.717, 1.165) is 6.08 Å². The maximum absolute atomic E-state index is 10.7. The lowest BCUT2D eigenvalue weighted by molar-refractivity contribution is -0.420. The third kappa shape index (κ3) is 2.05. The Labute approximate surface area is 89.3 Å². The molecule has 0 heterocycles. The average Bonchev–Trinajstić information content (AvgIpc) is 2.16. The Morgan fingerprint density at radius 3 is 2.73 bits per heavy atom. The van der Waals surface area contributed by atoms with Gasteiger partial charge in [0.2, 0.25) is 0 Å². The van der Waals surface area contributed by atoms with E-state index in [2.05, 4.69) is 0 Å². The first-order chi connectivity index (χ1) is 6.97. The van der Waals surface area contributed by atoms with Crippen LogP contribution >= 0.6 is 12.2 Å². The molecule has 1 rings (SSSR count). The number of nitrogens with zero attached hydrogens (tertiary/aromatic N) is 2. The first kappa shape index (κ1) is 11.0. The van der Waals surface area contributed by atoms with Gasteiger partial charge in [0.1, 0.15) is 11.6 Å². The van der Waals surface area contributed by atoms with Gasteiger partial charge in [-0.3, -0.25) is 10.1 Å². The number of hydrogen-bond acceptors (Lipinski definition) is 5. The van der Waals surface area contributed by atoms with Crippen molar-refractivity contribution in [2.45, 2.75) is 6.42 Å². The molecule has 0 aromatic heterocycles. The molecule has 0 bridgehead atoms. The highest BCUT2D eigenvalue weighted by molar-refractivity contribution is 7.80. The van der Waals surface area contributed by atoms with E-state index < -0.39 is 22.2 Å². The van der Waals surface area contributed by atoms with Crippen molar-refractivity contribution < 1.29 is 14.8 Å². The minimum atomic E-state index is -1.36. The van der Waals surface area contributed by atoms with Crippen molar-refractivity contribution in [2.24, 2.45) is 0 Å². The summed E-state index contributed by atoms with van der Waals surface area (Å²) in [5, 5.41) is 27.9. The summed E-state index contributed by atoms with van der Waals surface area (Å²) in [5.74, 6) is -1.36. The smallest absolute Gasteiger partial charge is 0.333 e. The molecule has 1 aliphatic carbocycles. The minimum Gasteiger partial charge on any atom is -0.478 e. The van der Waals surface area contributed by atoms with Gasteiger partial charge >= 0.3 is 5.97 Å². The van der Waals surface area contributed by atoms with Crippen LogP contribution < -0.4 is 0 Å². The van der Waals surface area contributed by atoms with Gasteiger partial charge in [-0.2, -0.15) is 5.26 Å². The molecule has 1 aliphatic rings. The minimum absolute atomic E-state index is 0.120. The molecule has 0 aromatic carbocycles. The Balaban J connectivity index is 3.40. The van der Waals surface area contributed by atoms with Crippen LogP contribution in [0.5, 0.6) is 0 Å². The molecule has 1 N–H and O–H groups in total. The molecule has 76 valence electrons. The van der Waals surface area contributed by atoms with Gasteiger partial charge in [0.05, 0.1) is 10.5 Å². The molecule has 7 heteroatoms. The second-order valence-electron chi connectivity index (χ2n) is 2.70. The number of carbonyl (C=O) groups is 1. The first-order valence-electron chi connectivity index (χ1n) is 3.73. The molecule has 0 aromatic rings. The highest BCUT2D eigenvalue weighted by Crippen LogP contribution is 2.24. The first-order valence-corrected chi connectivity index (χ1v) is 4.14. The van der Waals surface area contributed by atoms with E-state index in [1.165, 1.54) is 6.07 Å². The van der Waals surface area contributed by atoms with Crippen LogP contribution in [0.1, 0.15) is 6.42 Å². The lowest BCUT2D eigenvalue weighted by Gasteiger charge is -2.09. The molecule has 0 saturated heterocycles. The van der Waals surface area contributed by atoms with E-state index in [1.807, 2.05) is 0 Å². The Morgan fingerprint density at radius 1 is 1.73 bits per heavy atom. The van der Waals surface area contributed by atoms with Crippen molar-refractivity contribution in [3.8, 4) is 6.07 Å². The van der Waals surface area contributed by atoms with E-state index in [-0.39, 0.29) is 16.9 Å². The Bertz CT molecular complexity index is 470. The number of hydrogen-bond donors (Lipinski definition) is 1. The Hall–Kier alpha value is -2.07. The van der Waals surface area contributed by atoms with Crippen LogP contribution in [0.25, 0.3) is 0 Å². The molecule has 0 spiro atoms. The van der Waals surface area contributed by atoms with E-state index in [0.29, 0.717) is 0 Å². The zero-order valence-corrected chi connectivity index (χ0v) is 8.08. The van der Waals surface area contributed by atoms with Gasteiger partial charge in [-0.05, 0) is 0 Å². The number of aliphatic carboxylic acids is 1. The van der Waals surface area contributed by atoms with E-state index >= 15 is 0 Å². The number of carboxylic acids is 1. The maximum atomic E-state index is 10.7. The van der Waals surface area contributed by atoms with Crippen molar-refractivity contribution in [3.63, 3.8) is 0 Å². The summed E-state index contributed by atoms with van der Waals surface area (Å²) in [6.45, 7) is 0. The fraction of sp³-hybridized carbons (Fsp3) is 0.125. The number of rotatable bonds is 2.